The fraction of sp³-hybridized carbons (Fsp3) is 0.0625. The van der Waals surface area contributed by atoms with Crippen LogP contribution in [0, 0.1) is 0 Å². The summed E-state index contributed by atoms with van der Waals surface area (Å²) >= 11 is 0. The maximum absolute atomic E-state index is 5.90. The van der Waals surface area contributed by atoms with E-state index >= 15 is 0 Å². The van der Waals surface area contributed by atoms with E-state index in [1.54, 1.807) is 0 Å². The molecule has 20 heavy (non-hydrogen) atoms. The summed E-state index contributed by atoms with van der Waals surface area (Å²) in [5, 5.41) is 1.21. The number of hydrogen-bond donors (Lipinski definition) is 1. The first-order valence-corrected chi connectivity index (χ1v) is 6.49. The Morgan fingerprint density at radius 2 is 1.95 bits per heavy atom. The zero-order valence-corrected chi connectivity index (χ0v) is 10.8. The smallest absolute Gasteiger partial charge is 0.215 e. The minimum absolute atomic E-state index is 0.599. The number of fused-ring (bicyclic) bond motifs is 2. The van der Waals surface area contributed by atoms with Gasteiger partial charge in [-0.05, 0) is 29.7 Å². The highest BCUT2D eigenvalue weighted by molar-refractivity contribution is 5.85. The van der Waals surface area contributed by atoms with E-state index < -0.39 is 0 Å². The number of benzene rings is 2. The van der Waals surface area contributed by atoms with Crippen LogP contribution in [0.25, 0.3) is 22.0 Å². The van der Waals surface area contributed by atoms with Crippen molar-refractivity contribution >= 4 is 27.7 Å². The largest absolute Gasteiger partial charge is 0.439 e. The van der Waals surface area contributed by atoms with Crippen molar-refractivity contribution in [3.8, 4) is 0 Å². The van der Waals surface area contributed by atoms with Crippen LogP contribution in [0.4, 0.5) is 5.69 Å². The number of nitrogen functional groups attached to an aromatic ring is 1. The van der Waals surface area contributed by atoms with Gasteiger partial charge >= 0.3 is 0 Å². The lowest BCUT2D eigenvalue weighted by Gasteiger charge is -2.01. The topological polar surface area (TPSA) is 57.0 Å². The Balaban J connectivity index is 1.79. The molecule has 0 aliphatic rings. The molecule has 0 saturated carbocycles. The molecule has 4 aromatic rings. The van der Waals surface area contributed by atoms with Crippen LogP contribution in [0.15, 0.2) is 59.1 Å². The van der Waals surface area contributed by atoms with Crippen molar-refractivity contribution in [2.24, 2.45) is 0 Å². The monoisotopic (exact) mass is 263 g/mol. The van der Waals surface area contributed by atoms with Crippen molar-refractivity contribution in [2.75, 3.05) is 5.73 Å². The molecule has 0 aliphatic carbocycles. The van der Waals surface area contributed by atoms with Crippen molar-refractivity contribution < 1.29 is 4.42 Å². The molecular weight excluding hydrogens is 250 g/mol. The Labute approximate surface area is 115 Å². The zero-order chi connectivity index (χ0) is 13.5. The molecule has 2 heterocycles. The van der Waals surface area contributed by atoms with E-state index in [4.69, 9.17) is 10.2 Å². The van der Waals surface area contributed by atoms with Crippen LogP contribution in [-0.4, -0.2) is 9.55 Å². The Kier molecular flexibility index (Phi) is 2.29. The Hall–Kier alpha value is -2.75. The van der Waals surface area contributed by atoms with Gasteiger partial charge in [-0.3, -0.25) is 0 Å². The second-order valence-corrected chi connectivity index (χ2v) is 4.80. The van der Waals surface area contributed by atoms with Gasteiger partial charge in [0.1, 0.15) is 5.52 Å². The molecule has 2 aromatic carbocycles. The number of para-hydroxylation sites is 2. The minimum atomic E-state index is 0.599. The minimum Gasteiger partial charge on any atom is -0.439 e. The van der Waals surface area contributed by atoms with Gasteiger partial charge in [0.05, 0.1) is 12.2 Å². The molecule has 0 atom stereocenters. The lowest BCUT2D eigenvalue weighted by Crippen LogP contribution is -1.97. The molecule has 2 aromatic heterocycles. The van der Waals surface area contributed by atoms with E-state index in [2.05, 4.69) is 27.8 Å². The summed E-state index contributed by atoms with van der Waals surface area (Å²) < 4.78 is 7.88. The highest BCUT2D eigenvalue weighted by atomic mass is 16.3. The number of hydrogen-bond acceptors (Lipinski definition) is 3. The van der Waals surface area contributed by atoms with Crippen molar-refractivity contribution in [2.45, 2.75) is 6.54 Å². The molecule has 0 unspecified atom stereocenters. The molecule has 0 radical (unpaired) electrons. The molecule has 0 aliphatic heterocycles. The van der Waals surface area contributed by atoms with Gasteiger partial charge in [-0.25, -0.2) is 4.98 Å². The van der Waals surface area contributed by atoms with E-state index in [-0.39, 0.29) is 0 Å². The van der Waals surface area contributed by atoms with Crippen LogP contribution in [0.2, 0.25) is 0 Å². The number of oxazole rings is 1. The number of nitrogens with zero attached hydrogens (tertiary/aromatic N) is 2. The first kappa shape index (κ1) is 11.1. The van der Waals surface area contributed by atoms with Gasteiger partial charge in [0.2, 0.25) is 5.89 Å². The summed E-state index contributed by atoms with van der Waals surface area (Å²) in [6.45, 7) is 0.599. The molecule has 98 valence electrons. The van der Waals surface area contributed by atoms with Crippen molar-refractivity contribution in [1.29, 1.82) is 0 Å². The second-order valence-electron chi connectivity index (χ2n) is 4.80. The Morgan fingerprint density at radius 3 is 2.85 bits per heavy atom. The van der Waals surface area contributed by atoms with Crippen LogP contribution >= 0.6 is 0 Å². The van der Waals surface area contributed by atoms with Crippen molar-refractivity contribution in [1.82, 2.24) is 9.55 Å². The van der Waals surface area contributed by atoms with E-state index in [1.807, 2.05) is 36.5 Å². The molecule has 4 nitrogen and oxygen atoms in total. The van der Waals surface area contributed by atoms with Crippen LogP contribution in [0.1, 0.15) is 5.89 Å². The van der Waals surface area contributed by atoms with Crippen LogP contribution in [0.3, 0.4) is 0 Å². The third kappa shape index (κ3) is 1.66. The summed E-state index contributed by atoms with van der Waals surface area (Å²) in [6.07, 6.45) is 2.04. The maximum Gasteiger partial charge on any atom is 0.215 e. The van der Waals surface area contributed by atoms with Gasteiger partial charge in [0, 0.05) is 11.7 Å². The average Bonchev–Trinajstić information content (AvgIpc) is 3.05. The van der Waals surface area contributed by atoms with Crippen LogP contribution in [-0.2, 0) is 6.54 Å². The van der Waals surface area contributed by atoms with Crippen LogP contribution < -0.4 is 5.73 Å². The van der Waals surface area contributed by atoms with Gasteiger partial charge in [0.25, 0.3) is 0 Å². The Bertz CT molecular complexity index is 904. The van der Waals surface area contributed by atoms with E-state index in [0.717, 1.165) is 11.1 Å². The normalized spacial score (nSPS) is 11.4. The molecule has 0 amide bonds. The van der Waals surface area contributed by atoms with E-state index in [0.29, 0.717) is 18.1 Å². The molecular formula is C16H13N3O. The second kappa shape index (κ2) is 4.13. The lowest BCUT2D eigenvalue weighted by atomic mass is 10.2. The molecule has 4 rings (SSSR count). The SMILES string of the molecule is Nc1cccc2oc(Cn3ccc4ccccc43)nc12. The highest BCUT2D eigenvalue weighted by Crippen LogP contribution is 2.23. The van der Waals surface area contributed by atoms with Gasteiger partial charge in [-0.2, -0.15) is 0 Å². The molecule has 0 spiro atoms. The number of nitrogens with two attached hydrogens (primary N) is 1. The molecule has 0 bridgehead atoms. The lowest BCUT2D eigenvalue weighted by molar-refractivity contribution is 0.513. The average molecular weight is 263 g/mol. The van der Waals surface area contributed by atoms with E-state index in [1.165, 1.54) is 10.9 Å². The number of anilines is 1. The molecule has 0 fully saturated rings. The number of rotatable bonds is 2. The van der Waals surface area contributed by atoms with Gasteiger partial charge in [0.15, 0.2) is 5.58 Å². The fourth-order valence-electron chi connectivity index (χ4n) is 2.51. The van der Waals surface area contributed by atoms with E-state index in [9.17, 15) is 0 Å². The summed E-state index contributed by atoms with van der Waals surface area (Å²) in [5.74, 6) is 0.666. The first-order valence-electron chi connectivity index (χ1n) is 6.49. The van der Waals surface area contributed by atoms with Crippen molar-refractivity contribution in [3.05, 3.63) is 60.6 Å². The number of aromatic nitrogens is 2. The van der Waals surface area contributed by atoms with Gasteiger partial charge < -0.3 is 14.7 Å². The fourth-order valence-corrected chi connectivity index (χ4v) is 2.51. The summed E-state index contributed by atoms with van der Waals surface area (Å²) in [7, 11) is 0. The van der Waals surface area contributed by atoms with Gasteiger partial charge in [-0.1, -0.05) is 24.3 Å². The highest BCUT2D eigenvalue weighted by Gasteiger charge is 2.09. The Morgan fingerprint density at radius 1 is 1.05 bits per heavy atom. The predicted octanol–water partition coefficient (Wildman–Crippen LogP) is 3.41. The summed E-state index contributed by atoms with van der Waals surface area (Å²) in [5.41, 5.74) is 9.19. The quantitative estimate of drug-likeness (QED) is 0.564. The first-order chi connectivity index (χ1) is 9.81. The summed E-state index contributed by atoms with van der Waals surface area (Å²) in [6, 6.07) is 15.9. The molecule has 2 N–H and O–H groups in total. The standard InChI is InChI=1S/C16H13N3O/c17-12-5-3-7-14-16(12)18-15(20-14)10-19-9-8-11-4-1-2-6-13(11)19/h1-9H,10,17H2. The summed E-state index contributed by atoms with van der Waals surface area (Å²) in [4.78, 5) is 4.48. The molecule has 0 saturated heterocycles. The van der Waals surface area contributed by atoms with Crippen molar-refractivity contribution in [3.63, 3.8) is 0 Å². The third-order valence-electron chi connectivity index (χ3n) is 3.48. The van der Waals surface area contributed by atoms with Crippen LogP contribution in [0.5, 0.6) is 0 Å². The molecule has 4 heteroatoms. The van der Waals surface area contributed by atoms with Gasteiger partial charge in [-0.15, -0.1) is 0 Å². The predicted molar refractivity (Wildman–Crippen MR) is 79.5 cm³/mol. The zero-order valence-electron chi connectivity index (χ0n) is 10.8. The maximum atomic E-state index is 5.90. The third-order valence-corrected chi connectivity index (χ3v) is 3.48.